The van der Waals surface area contributed by atoms with E-state index in [0.29, 0.717) is 10.7 Å². The first-order valence-electron chi connectivity index (χ1n) is 6.29. The lowest BCUT2D eigenvalue weighted by molar-refractivity contribution is 0.254. The van der Waals surface area contributed by atoms with Gasteiger partial charge in [-0.15, -0.1) is 23.5 Å². The van der Waals surface area contributed by atoms with Gasteiger partial charge in [0, 0.05) is 36.4 Å². The van der Waals surface area contributed by atoms with Crippen LogP contribution in [0, 0.1) is 0 Å². The maximum Gasteiger partial charge on any atom is 0.181 e. The molecule has 2 saturated heterocycles. The molecule has 7 heteroatoms. The van der Waals surface area contributed by atoms with Gasteiger partial charge in [-0.05, 0) is 24.4 Å². The second-order valence-corrected chi connectivity index (χ2v) is 7.25. The molecule has 0 aliphatic carbocycles. The van der Waals surface area contributed by atoms with Crippen LogP contribution in [0.5, 0.6) is 0 Å². The van der Waals surface area contributed by atoms with Crippen LogP contribution in [0.1, 0.15) is 5.69 Å². The van der Waals surface area contributed by atoms with Gasteiger partial charge >= 0.3 is 0 Å². The molecule has 3 rings (SSSR count). The van der Waals surface area contributed by atoms with E-state index in [9.17, 15) is 0 Å². The highest BCUT2D eigenvalue weighted by molar-refractivity contribution is 8.07. The molecule has 2 bridgehead atoms. The summed E-state index contributed by atoms with van der Waals surface area (Å²) >= 11 is 9.35. The molecule has 0 spiro atoms. The van der Waals surface area contributed by atoms with Gasteiger partial charge in [-0.1, -0.05) is 6.07 Å². The van der Waals surface area contributed by atoms with E-state index in [-0.39, 0.29) is 0 Å². The van der Waals surface area contributed by atoms with Crippen molar-refractivity contribution in [2.24, 2.45) is 0 Å². The number of thioether (sulfide) groups is 2. The molecule has 0 aromatic carbocycles. The lowest BCUT2D eigenvalue weighted by atomic mass is 10.3. The molecule has 19 heavy (non-hydrogen) atoms. The molecule has 0 unspecified atom stereocenters. The van der Waals surface area contributed by atoms with E-state index in [0.717, 1.165) is 23.8 Å². The third-order valence-corrected chi connectivity index (χ3v) is 6.34. The summed E-state index contributed by atoms with van der Waals surface area (Å²) in [6.45, 7) is 0.812. The largest absolute Gasteiger partial charge is 0.361 e. The zero-order valence-corrected chi connectivity index (χ0v) is 12.9. The maximum atomic E-state index is 5.34. The Hall–Kier alpha value is -0.500. The number of rotatable bonds is 4. The fourth-order valence-corrected chi connectivity index (χ4v) is 5.48. The number of hydrogen-bond donors (Lipinski definition) is 2. The van der Waals surface area contributed by atoms with Crippen LogP contribution in [-0.2, 0) is 6.42 Å². The van der Waals surface area contributed by atoms with E-state index < -0.39 is 0 Å². The number of thiocarbonyl (C=S) groups is 1. The van der Waals surface area contributed by atoms with Crippen LogP contribution in [0.4, 0.5) is 0 Å². The molecule has 2 N–H and O–H groups in total. The Morgan fingerprint density at radius 3 is 2.79 bits per heavy atom. The quantitative estimate of drug-likeness (QED) is 0.816. The fraction of sp³-hybridized carbons (Fsp3) is 0.500. The maximum absolute atomic E-state index is 5.34. The van der Waals surface area contributed by atoms with Gasteiger partial charge in [0.15, 0.2) is 5.11 Å². The molecule has 0 amide bonds. The van der Waals surface area contributed by atoms with Gasteiger partial charge in [0.25, 0.3) is 0 Å². The Morgan fingerprint density at radius 2 is 2.16 bits per heavy atom. The number of hydrogen-bond acceptors (Lipinski definition) is 5. The number of nitrogens with one attached hydrogen (secondary N) is 2. The predicted octanol–water partition coefficient (Wildman–Crippen LogP) is 1.45. The van der Waals surface area contributed by atoms with E-state index in [1.807, 2.05) is 47.9 Å². The minimum atomic E-state index is 0.575. The van der Waals surface area contributed by atoms with Crippen LogP contribution >= 0.6 is 35.7 Å². The molecule has 0 saturated carbocycles. The van der Waals surface area contributed by atoms with Crippen LogP contribution < -0.4 is 10.7 Å². The van der Waals surface area contributed by atoms with E-state index in [2.05, 4.69) is 20.7 Å². The van der Waals surface area contributed by atoms with Gasteiger partial charge < -0.3 is 5.32 Å². The van der Waals surface area contributed by atoms with Crippen LogP contribution in [-0.4, -0.2) is 43.9 Å². The molecule has 2 fully saturated rings. The highest BCUT2D eigenvalue weighted by atomic mass is 32.2. The Bertz CT molecular complexity index is 422. The number of nitrogens with zero attached hydrogens (tertiary/aromatic N) is 2. The average Bonchev–Trinajstić information content (AvgIpc) is 3.00. The molecule has 0 radical (unpaired) electrons. The number of hydrazine groups is 1. The normalized spacial score (nSPS) is 25.5. The summed E-state index contributed by atoms with van der Waals surface area (Å²) in [6.07, 6.45) is 2.71. The Balaban J connectivity index is 1.40. The van der Waals surface area contributed by atoms with Gasteiger partial charge in [0.05, 0.1) is 10.7 Å². The van der Waals surface area contributed by atoms with Crippen LogP contribution in [0.15, 0.2) is 24.4 Å². The third-order valence-electron chi connectivity index (χ3n) is 3.11. The van der Waals surface area contributed by atoms with Gasteiger partial charge in [0.1, 0.15) is 0 Å². The lowest BCUT2D eigenvalue weighted by Gasteiger charge is -2.22. The summed E-state index contributed by atoms with van der Waals surface area (Å²) in [4.78, 5) is 4.29. The minimum Gasteiger partial charge on any atom is -0.361 e. The summed E-state index contributed by atoms with van der Waals surface area (Å²) in [5.41, 5.74) is 4.41. The van der Waals surface area contributed by atoms with E-state index in [1.54, 1.807) is 0 Å². The monoisotopic (exact) mass is 312 g/mol. The van der Waals surface area contributed by atoms with Crippen molar-refractivity contribution in [2.45, 2.75) is 17.2 Å². The minimum absolute atomic E-state index is 0.575. The van der Waals surface area contributed by atoms with Crippen LogP contribution in [0.2, 0.25) is 0 Å². The average molecular weight is 312 g/mol. The van der Waals surface area contributed by atoms with Gasteiger partial charge in [-0.3, -0.25) is 10.4 Å². The van der Waals surface area contributed by atoms with Gasteiger partial charge in [0.2, 0.25) is 0 Å². The highest BCUT2D eigenvalue weighted by Crippen LogP contribution is 2.42. The van der Waals surface area contributed by atoms with Crippen molar-refractivity contribution in [1.29, 1.82) is 0 Å². The Kier molecular flexibility index (Phi) is 4.47. The standard InChI is InChI=1S/C12H16N4S3/c17-12(14-6-4-9-3-1-2-5-13-9)15-16-10-7-18-11(16)8-19-10/h1-3,5,10-11H,4,6-8H2,(H2,14,15,17)/t10-,11-/m0/s1. The molecular weight excluding hydrogens is 296 g/mol. The number of aromatic nitrogens is 1. The lowest BCUT2D eigenvalue weighted by Crippen LogP contribution is -2.49. The van der Waals surface area contributed by atoms with Crippen molar-refractivity contribution < 1.29 is 0 Å². The molecule has 3 heterocycles. The first kappa shape index (κ1) is 13.5. The van der Waals surface area contributed by atoms with Crippen molar-refractivity contribution in [3.8, 4) is 0 Å². The van der Waals surface area contributed by atoms with Crippen molar-refractivity contribution >= 4 is 40.9 Å². The van der Waals surface area contributed by atoms with Gasteiger partial charge in [-0.2, -0.15) is 5.01 Å². The number of fused-ring (bicyclic) bond motifs is 2. The van der Waals surface area contributed by atoms with Crippen LogP contribution in [0.3, 0.4) is 0 Å². The Morgan fingerprint density at radius 1 is 1.37 bits per heavy atom. The zero-order chi connectivity index (χ0) is 13.1. The highest BCUT2D eigenvalue weighted by Gasteiger charge is 2.41. The first-order valence-corrected chi connectivity index (χ1v) is 8.79. The predicted molar refractivity (Wildman–Crippen MR) is 86.0 cm³/mol. The molecular formula is C12H16N4S3. The van der Waals surface area contributed by atoms with Crippen molar-refractivity contribution in [3.63, 3.8) is 0 Å². The Labute approximate surface area is 127 Å². The molecule has 2 atom stereocenters. The van der Waals surface area contributed by atoms with E-state index in [4.69, 9.17) is 12.2 Å². The first-order chi connectivity index (χ1) is 9.33. The molecule has 1 aromatic rings. The summed E-state index contributed by atoms with van der Waals surface area (Å²) in [5, 5.41) is 7.40. The van der Waals surface area contributed by atoms with Crippen molar-refractivity contribution in [3.05, 3.63) is 30.1 Å². The smallest absolute Gasteiger partial charge is 0.181 e. The second kappa shape index (κ2) is 6.30. The topological polar surface area (TPSA) is 40.2 Å². The number of pyridine rings is 1. The molecule has 4 nitrogen and oxygen atoms in total. The molecule has 1 aromatic heterocycles. The SMILES string of the molecule is S=C(NCCc1ccccn1)NN1[C@@H]2CS[C@H]1CS2. The molecule has 2 aliphatic heterocycles. The summed E-state index contributed by atoms with van der Waals surface area (Å²) < 4.78 is 0. The molecule has 2 aliphatic rings. The summed E-state index contributed by atoms with van der Waals surface area (Å²) in [7, 11) is 0. The summed E-state index contributed by atoms with van der Waals surface area (Å²) in [6, 6.07) is 5.98. The zero-order valence-electron chi connectivity index (χ0n) is 10.4. The van der Waals surface area contributed by atoms with Gasteiger partial charge in [-0.25, -0.2) is 0 Å². The third kappa shape index (κ3) is 3.34. The van der Waals surface area contributed by atoms with E-state index in [1.165, 1.54) is 11.5 Å². The second-order valence-electron chi connectivity index (χ2n) is 4.42. The van der Waals surface area contributed by atoms with E-state index >= 15 is 0 Å². The molecule has 102 valence electrons. The van der Waals surface area contributed by atoms with Crippen molar-refractivity contribution in [2.75, 3.05) is 18.1 Å². The summed E-state index contributed by atoms with van der Waals surface area (Å²) in [5.74, 6) is 2.39. The van der Waals surface area contributed by atoms with Crippen LogP contribution in [0.25, 0.3) is 0 Å². The fourth-order valence-electron chi connectivity index (χ4n) is 2.14. The van der Waals surface area contributed by atoms with Crippen molar-refractivity contribution in [1.82, 2.24) is 20.7 Å².